The maximum absolute atomic E-state index is 9.71. The summed E-state index contributed by atoms with van der Waals surface area (Å²) in [6, 6.07) is 4.14. The Hall–Kier alpha value is -0.780. The van der Waals surface area contributed by atoms with Crippen LogP contribution in [0.4, 0.5) is 5.69 Å². The summed E-state index contributed by atoms with van der Waals surface area (Å²) < 4.78 is 5.32. The second kappa shape index (κ2) is 6.41. The topological polar surface area (TPSA) is 45.6 Å². The molecule has 1 unspecified atom stereocenters. The fourth-order valence-electron chi connectivity index (χ4n) is 1.97. The lowest BCUT2D eigenvalue weighted by atomic mass is 10.2. The van der Waals surface area contributed by atoms with Gasteiger partial charge in [-0.25, -0.2) is 0 Å². The van der Waals surface area contributed by atoms with E-state index in [1.165, 1.54) is 0 Å². The highest BCUT2D eigenvalue weighted by atomic mass is 32.2. The third-order valence-corrected chi connectivity index (χ3v) is 4.10. The Bertz CT molecular complexity index is 372. The molecule has 2 atom stereocenters. The molecule has 18 heavy (non-hydrogen) atoms. The summed E-state index contributed by atoms with van der Waals surface area (Å²) >= 11 is 1.79. The highest BCUT2D eigenvalue weighted by Crippen LogP contribution is 2.25. The molecule has 1 aliphatic heterocycles. The minimum Gasteiger partial charge on any atom is -0.389 e. The molecule has 0 bridgehead atoms. The van der Waals surface area contributed by atoms with Gasteiger partial charge in [0.2, 0.25) is 0 Å². The van der Waals surface area contributed by atoms with Gasteiger partial charge in [-0.15, -0.1) is 0 Å². The highest BCUT2D eigenvalue weighted by molar-refractivity contribution is 7.98. The molecule has 1 fully saturated rings. The molecular formula is C13H20N2O2S. The zero-order chi connectivity index (χ0) is 13.0. The summed E-state index contributed by atoms with van der Waals surface area (Å²) in [6.07, 6.45) is 3.56. The minimum absolute atomic E-state index is 0.414. The maximum Gasteiger partial charge on any atom is 0.0948 e. The molecule has 1 saturated heterocycles. The van der Waals surface area contributed by atoms with Crippen molar-refractivity contribution in [1.82, 2.24) is 4.98 Å². The summed E-state index contributed by atoms with van der Waals surface area (Å²) in [6.45, 7) is 4.64. The molecule has 0 radical (unpaired) electrons. The van der Waals surface area contributed by atoms with Gasteiger partial charge in [0, 0.05) is 18.3 Å². The lowest BCUT2D eigenvalue weighted by molar-refractivity contribution is 0.0597. The van der Waals surface area contributed by atoms with E-state index in [-0.39, 0.29) is 0 Å². The van der Waals surface area contributed by atoms with Crippen LogP contribution in [0, 0.1) is 0 Å². The van der Waals surface area contributed by atoms with Gasteiger partial charge in [-0.3, -0.25) is 4.98 Å². The molecule has 0 saturated carbocycles. The minimum atomic E-state index is -0.419. The van der Waals surface area contributed by atoms with Crippen LogP contribution in [0.15, 0.2) is 18.3 Å². The second-order valence-electron chi connectivity index (χ2n) is 4.49. The monoisotopic (exact) mass is 268 g/mol. The van der Waals surface area contributed by atoms with Crippen molar-refractivity contribution in [3.63, 3.8) is 0 Å². The van der Waals surface area contributed by atoms with Gasteiger partial charge in [0.05, 0.1) is 36.9 Å². The normalized spacial score (nSPS) is 22.6. The first-order chi connectivity index (χ1) is 8.70. The molecule has 4 nitrogen and oxygen atoms in total. The summed E-state index contributed by atoms with van der Waals surface area (Å²) in [5, 5.41) is 10.1. The fraction of sp³-hybridized carbons (Fsp3) is 0.615. The van der Waals surface area contributed by atoms with Crippen LogP contribution in [0.5, 0.6) is 0 Å². The van der Waals surface area contributed by atoms with Crippen molar-refractivity contribution in [1.29, 1.82) is 0 Å². The number of thioether (sulfide) groups is 1. The zero-order valence-electron chi connectivity index (χ0n) is 10.9. The molecule has 1 aromatic rings. The van der Waals surface area contributed by atoms with Crippen LogP contribution in [0.2, 0.25) is 0 Å². The molecule has 2 rings (SSSR count). The summed E-state index contributed by atoms with van der Waals surface area (Å²) in [5.74, 6) is 0. The van der Waals surface area contributed by atoms with Crippen LogP contribution in [0.25, 0.3) is 0 Å². The van der Waals surface area contributed by atoms with Crippen molar-refractivity contribution in [3.05, 3.63) is 24.0 Å². The van der Waals surface area contributed by atoms with Crippen LogP contribution >= 0.6 is 11.8 Å². The van der Waals surface area contributed by atoms with Crippen molar-refractivity contribution in [3.8, 4) is 0 Å². The lowest BCUT2D eigenvalue weighted by Gasteiger charge is -2.23. The number of aliphatic hydroxyl groups excluding tert-OH is 1. The number of anilines is 1. The van der Waals surface area contributed by atoms with Gasteiger partial charge >= 0.3 is 0 Å². The maximum atomic E-state index is 9.71. The van der Waals surface area contributed by atoms with E-state index in [0.29, 0.717) is 25.0 Å². The first-order valence-corrected chi connectivity index (χ1v) is 7.49. The molecule has 100 valence electrons. The smallest absolute Gasteiger partial charge is 0.0948 e. The van der Waals surface area contributed by atoms with Crippen LogP contribution in [-0.4, -0.2) is 48.8 Å². The fourth-order valence-corrected chi connectivity index (χ4v) is 2.35. The van der Waals surface area contributed by atoms with E-state index in [4.69, 9.17) is 4.74 Å². The summed E-state index contributed by atoms with van der Waals surface area (Å²) in [7, 11) is 0. The quantitative estimate of drug-likeness (QED) is 0.904. The molecule has 0 spiro atoms. The molecule has 2 heterocycles. The number of pyridine rings is 1. The van der Waals surface area contributed by atoms with Crippen LogP contribution < -0.4 is 4.90 Å². The third-order valence-electron chi connectivity index (χ3n) is 3.15. The molecular weight excluding hydrogens is 248 g/mol. The Morgan fingerprint density at radius 2 is 2.39 bits per heavy atom. The largest absolute Gasteiger partial charge is 0.389 e. The van der Waals surface area contributed by atoms with Gasteiger partial charge in [-0.05, 0) is 25.3 Å². The molecule has 0 amide bonds. The Labute approximate surface area is 112 Å². The third kappa shape index (κ3) is 3.37. The first kappa shape index (κ1) is 13.6. The molecule has 1 aromatic heterocycles. The van der Waals surface area contributed by atoms with Gasteiger partial charge in [0.25, 0.3) is 0 Å². The number of rotatable bonds is 3. The molecule has 0 aliphatic carbocycles. The first-order valence-electron chi connectivity index (χ1n) is 6.20. The lowest BCUT2D eigenvalue weighted by Crippen LogP contribution is -2.32. The number of aromatic nitrogens is 1. The summed E-state index contributed by atoms with van der Waals surface area (Å²) in [4.78, 5) is 6.62. The van der Waals surface area contributed by atoms with Gasteiger partial charge in [-0.1, -0.05) is 0 Å². The number of β-amino-alcohol motifs (C(OH)–C–C–N with tert-alkyl or cyclic N) is 1. The van der Waals surface area contributed by atoms with Gasteiger partial charge in [0.15, 0.2) is 0 Å². The molecule has 1 aliphatic rings. The molecule has 1 N–H and O–H groups in total. The Kier molecular flexibility index (Phi) is 4.86. The van der Waals surface area contributed by atoms with E-state index >= 15 is 0 Å². The van der Waals surface area contributed by atoms with E-state index in [1.54, 1.807) is 11.8 Å². The van der Waals surface area contributed by atoms with E-state index in [9.17, 15) is 5.11 Å². The number of hydrogen-bond donors (Lipinski definition) is 1. The van der Waals surface area contributed by atoms with Crippen LogP contribution in [-0.2, 0) is 4.74 Å². The van der Waals surface area contributed by atoms with E-state index < -0.39 is 6.10 Å². The van der Waals surface area contributed by atoms with Gasteiger partial charge in [-0.2, -0.15) is 11.8 Å². The second-order valence-corrected chi connectivity index (χ2v) is 5.67. The molecule has 0 aromatic carbocycles. The van der Waals surface area contributed by atoms with Crippen LogP contribution in [0.1, 0.15) is 17.9 Å². The van der Waals surface area contributed by atoms with Crippen LogP contribution in [0.3, 0.4) is 0 Å². The Balaban J connectivity index is 2.08. The van der Waals surface area contributed by atoms with Crippen molar-refractivity contribution in [2.45, 2.75) is 18.3 Å². The van der Waals surface area contributed by atoms with Gasteiger partial charge < -0.3 is 14.7 Å². The molecule has 5 heteroatoms. The number of aliphatic hydroxyl groups is 1. The van der Waals surface area contributed by atoms with E-state index in [1.807, 2.05) is 6.20 Å². The van der Waals surface area contributed by atoms with Gasteiger partial charge in [0.1, 0.15) is 0 Å². The van der Waals surface area contributed by atoms with E-state index in [2.05, 4.69) is 35.2 Å². The predicted molar refractivity (Wildman–Crippen MR) is 75.2 cm³/mol. The number of hydrogen-bond acceptors (Lipinski definition) is 5. The van der Waals surface area contributed by atoms with Crippen molar-refractivity contribution >= 4 is 17.4 Å². The summed E-state index contributed by atoms with van der Waals surface area (Å²) in [5.41, 5.74) is 2.15. The number of ether oxygens (including phenoxy) is 1. The average Bonchev–Trinajstić information content (AvgIpc) is 2.63. The average molecular weight is 268 g/mol. The van der Waals surface area contributed by atoms with Crippen molar-refractivity contribution in [2.24, 2.45) is 0 Å². The Morgan fingerprint density at radius 1 is 1.56 bits per heavy atom. The van der Waals surface area contributed by atoms with Crippen molar-refractivity contribution < 1.29 is 9.84 Å². The predicted octanol–water partition coefficient (Wildman–Crippen LogP) is 1.70. The number of nitrogens with zero attached hydrogens (tertiary/aromatic N) is 2. The standard InChI is InChI=1S/C13H20N2O2S/c1-10(18-2)13-4-3-11(7-14-13)15-5-6-17-9-12(16)8-15/h3-4,7,10,12,16H,5-6,8-9H2,1-2H3/t10?,12-/m1/s1. The Morgan fingerprint density at radius 3 is 3.06 bits per heavy atom. The van der Waals surface area contributed by atoms with Crippen molar-refractivity contribution in [2.75, 3.05) is 37.5 Å². The van der Waals surface area contributed by atoms with E-state index in [0.717, 1.165) is 17.9 Å². The SMILES string of the molecule is CSC(C)c1ccc(N2CCOC[C@H](O)C2)cn1. The zero-order valence-corrected chi connectivity index (χ0v) is 11.7. The highest BCUT2D eigenvalue weighted by Gasteiger charge is 2.17.